The molecule has 0 fully saturated rings. The van der Waals surface area contributed by atoms with E-state index in [1.807, 2.05) is 17.0 Å². The summed E-state index contributed by atoms with van der Waals surface area (Å²) in [6.45, 7) is 5.86. The number of rotatable bonds is 11. The fraction of sp³-hybridized carbons (Fsp3) is 0.440. The van der Waals surface area contributed by atoms with Crippen molar-refractivity contribution in [3.05, 3.63) is 47.5 Å². The second kappa shape index (κ2) is 11.7. The third kappa shape index (κ3) is 6.70. The summed E-state index contributed by atoms with van der Waals surface area (Å²) in [6.07, 6.45) is 2.29. The Morgan fingerprint density at radius 2 is 1.78 bits per heavy atom. The summed E-state index contributed by atoms with van der Waals surface area (Å²) in [5.41, 5.74) is 3.47. The summed E-state index contributed by atoms with van der Waals surface area (Å²) in [5.74, 6) is 1.92. The third-order valence-electron chi connectivity index (χ3n) is 5.37. The maximum Gasteiger partial charge on any atom is 0.228 e. The van der Waals surface area contributed by atoms with Crippen molar-refractivity contribution in [1.82, 2.24) is 9.88 Å². The highest BCUT2D eigenvalue weighted by Crippen LogP contribution is 2.31. The number of aromatic nitrogens is 1. The van der Waals surface area contributed by atoms with Gasteiger partial charge >= 0.3 is 0 Å². The number of benzene rings is 2. The van der Waals surface area contributed by atoms with E-state index in [0.717, 1.165) is 46.2 Å². The number of hydrogen-bond donors (Lipinski definition) is 0. The molecular formula is C25H33N3O2S2. The van der Waals surface area contributed by atoms with E-state index in [1.165, 1.54) is 16.0 Å². The second-order valence-electron chi connectivity index (χ2n) is 8.23. The van der Waals surface area contributed by atoms with Gasteiger partial charge in [0.1, 0.15) is 5.75 Å². The van der Waals surface area contributed by atoms with Gasteiger partial charge in [-0.2, -0.15) is 0 Å². The van der Waals surface area contributed by atoms with E-state index < -0.39 is 0 Å². The Hall–Kier alpha value is -2.09. The van der Waals surface area contributed by atoms with Gasteiger partial charge in [-0.1, -0.05) is 11.3 Å². The Labute approximate surface area is 199 Å². The minimum absolute atomic E-state index is 0.159. The number of carbonyl (C=O) groups excluding carboxylic acids is 1. The van der Waals surface area contributed by atoms with Gasteiger partial charge in [0.05, 0.1) is 17.3 Å². The van der Waals surface area contributed by atoms with Crippen LogP contribution in [0.3, 0.4) is 0 Å². The highest BCUT2D eigenvalue weighted by molar-refractivity contribution is 7.99. The Morgan fingerprint density at radius 3 is 2.47 bits per heavy atom. The predicted molar refractivity (Wildman–Crippen MR) is 138 cm³/mol. The molecule has 0 radical (unpaired) electrons. The number of anilines is 1. The van der Waals surface area contributed by atoms with Crippen molar-refractivity contribution in [2.45, 2.75) is 38.0 Å². The number of nitrogens with zero attached hydrogens (tertiary/aromatic N) is 3. The Bertz CT molecular complexity index is 993. The van der Waals surface area contributed by atoms with Crippen LogP contribution in [0.5, 0.6) is 5.75 Å². The average molecular weight is 472 g/mol. The molecule has 0 spiro atoms. The van der Waals surface area contributed by atoms with Gasteiger partial charge in [0.2, 0.25) is 5.91 Å². The second-order valence-corrected chi connectivity index (χ2v) is 10.4. The molecule has 1 amide bonds. The lowest BCUT2D eigenvalue weighted by molar-refractivity contribution is -0.118. The molecule has 1 aromatic heterocycles. The molecule has 0 aliphatic heterocycles. The van der Waals surface area contributed by atoms with E-state index in [1.54, 1.807) is 30.2 Å². The molecule has 3 rings (SSSR count). The number of methoxy groups -OCH3 is 1. The maximum atomic E-state index is 13.2. The fourth-order valence-corrected chi connectivity index (χ4v) is 5.32. The number of hydrogen-bond acceptors (Lipinski definition) is 6. The van der Waals surface area contributed by atoms with Gasteiger partial charge in [-0.25, -0.2) is 4.98 Å². The molecule has 0 saturated heterocycles. The van der Waals surface area contributed by atoms with Gasteiger partial charge in [0.15, 0.2) is 5.13 Å². The first-order chi connectivity index (χ1) is 15.4. The molecule has 0 saturated carbocycles. The summed E-state index contributed by atoms with van der Waals surface area (Å²) in [7, 11) is 5.80. The molecule has 0 unspecified atom stereocenters. The Kier molecular flexibility index (Phi) is 8.96. The lowest BCUT2D eigenvalue weighted by Crippen LogP contribution is -2.33. The molecule has 0 aliphatic carbocycles. The van der Waals surface area contributed by atoms with Crippen LogP contribution in [0.1, 0.15) is 30.4 Å². The zero-order valence-corrected chi connectivity index (χ0v) is 21.3. The molecule has 7 heteroatoms. The van der Waals surface area contributed by atoms with Crippen molar-refractivity contribution in [3.63, 3.8) is 0 Å². The molecule has 0 N–H and O–H groups in total. The maximum absolute atomic E-state index is 13.2. The van der Waals surface area contributed by atoms with Gasteiger partial charge in [0, 0.05) is 17.9 Å². The standard InChI is InChI=1S/C25H33N3O2S2/c1-18-16-22-23(17-19(18)2)32-25(26-22)28(14-7-13-27(3)4)24(29)8-6-15-31-21-11-9-20(30-5)10-12-21/h9-12,16-17H,6-8,13-15H2,1-5H3. The van der Waals surface area contributed by atoms with Crippen LogP contribution in [-0.2, 0) is 4.79 Å². The predicted octanol–water partition coefficient (Wildman–Crippen LogP) is 5.78. The molecule has 5 nitrogen and oxygen atoms in total. The lowest BCUT2D eigenvalue weighted by Gasteiger charge is -2.21. The van der Waals surface area contributed by atoms with Crippen LogP contribution in [0.4, 0.5) is 5.13 Å². The normalized spacial score (nSPS) is 11.3. The number of amides is 1. The largest absolute Gasteiger partial charge is 0.497 e. The van der Waals surface area contributed by atoms with Crippen LogP contribution in [-0.4, -0.2) is 55.8 Å². The Morgan fingerprint density at radius 1 is 1.06 bits per heavy atom. The van der Waals surface area contributed by atoms with Crippen LogP contribution in [0.2, 0.25) is 0 Å². The first-order valence-electron chi connectivity index (χ1n) is 11.0. The van der Waals surface area contributed by atoms with E-state index in [-0.39, 0.29) is 5.91 Å². The number of aryl methyl sites for hydroxylation is 2. The number of ether oxygens (including phenoxy) is 1. The minimum atomic E-state index is 0.159. The van der Waals surface area contributed by atoms with E-state index in [0.29, 0.717) is 13.0 Å². The molecule has 0 atom stereocenters. The van der Waals surface area contributed by atoms with E-state index in [9.17, 15) is 4.79 Å². The molecule has 1 heterocycles. The van der Waals surface area contributed by atoms with Crippen molar-refractivity contribution >= 4 is 44.4 Å². The summed E-state index contributed by atoms with van der Waals surface area (Å²) >= 11 is 3.39. The van der Waals surface area contributed by atoms with Crippen LogP contribution >= 0.6 is 23.1 Å². The zero-order chi connectivity index (χ0) is 23.1. The number of thiazole rings is 1. The average Bonchev–Trinajstić information content (AvgIpc) is 3.16. The lowest BCUT2D eigenvalue weighted by atomic mass is 10.1. The van der Waals surface area contributed by atoms with Crippen LogP contribution in [0, 0.1) is 13.8 Å². The molecular weight excluding hydrogens is 438 g/mol. The molecule has 32 heavy (non-hydrogen) atoms. The first-order valence-corrected chi connectivity index (χ1v) is 12.8. The first kappa shape index (κ1) is 24.6. The van der Waals surface area contributed by atoms with Crippen molar-refractivity contribution in [2.24, 2.45) is 0 Å². The van der Waals surface area contributed by atoms with Crippen molar-refractivity contribution < 1.29 is 9.53 Å². The van der Waals surface area contributed by atoms with Gasteiger partial charge in [-0.05, 0) is 101 Å². The van der Waals surface area contributed by atoms with E-state index in [2.05, 4.69) is 57.1 Å². The highest BCUT2D eigenvalue weighted by atomic mass is 32.2. The van der Waals surface area contributed by atoms with Gasteiger partial charge < -0.3 is 9.64 Å². The number of fused-ring (bicyclic) bond motifs is 1. The molecule has 0 aliphatic rings. The molecule has 3 aromatic rings. The monoisotopic (exact) mass is 471 g/mol. The molecule has 0 bridgehead atoms. The smallest absolute Gasteiger partial charge is 0.228 e. The van der Waals surface area contributed by atoms with E-state index >= 15 is 0 Å². The quantitative estimate of drug-likeness (QED) is 0.262. The van der Waals surface area contributed by atoms with Crippen molar-refractivity contribution in [3.8, 4) is 5.75 Å². The van der Waals surface area contributed by atoms with Crippen LogP contribution < -0.4 is 9.64 Å². The van der Waals surface area contributed by atoms with Crippen LogP contribution in [0.25, 0.3) is 10.2 Å². The summed E-state index contributed by atoms with van der Waals surface area (Å²) in [5, 5.41) is 0.816. The fourth-order valence-electron chi connectivity index (χ4n) is 3.38. The minimum Gasteiger partial charge on any atom is -0.497 e. The summed E-state index contributed by atoms with van der Waals surface area (Å²) in [6, 6.07) is 12.4. The SMILES string of the molecule is COc1ccc(SCCCC(=O)N(CCCN(C)C)c2nc3cc(C)c(C)cc3s2)cc1. The van der Waals surface area contributed by atoms with Gasteiger partial charge in [-0.3, -0.25) is 9.69 Å². The Balaban J connectivity index is 1.64. The van der Waals surface area contributed by atoms with Crippen LogP contribution in [0.15, 0.2) is 41.3 Å². The highest BCUT2D eigenvalue weighted by Gasteiger charge is 2.19. The number of carbonyl (C=O) groups is 1. The van der Waals surface area contributed by atoms with Gasteiger partial charge in [-0.15, -0.1) is 11.8 Å². The van der Waals surface area contributed by atoms with Crippen molar-refractivity contribution in [2.75, 3.05) is 44.9 Å². The molecule has 2 aromatic carbocycles. The summed E-state index contributed by atoms with van der Waals surface area (Å²) in [4.78, 5) is 23.2. The molecule has 172 valence electrons. The summed E-state index contributed by atoms with van der Waals surface area (Å²) < 4.78 is 6.35. The van der Waals surface area contributed by atoms with Gasteiger partial charge in [0.25, 0.3) is 0 Å². The number of thioether (sulfide) groups is 1. The van der Waals surface area contributed by atoms with E-state index in [4.69, 9.17) is 9.72 Å². The van der Waals surface area contributed by atoms with Crippen molar-refractivity contribution in [1.29, 1.82) is 0 Å². The zero-order valence-electron chi connectivity index (χ0n) is 19.7. The topological polar surface area (TPSA) is 45.7 Å². The third-order valence-corrected chi connectivity index (χ3v) is 7.51.